The zero-order valence-electron chi connectivity index (χ0n) is 5.57. The first-order chi connectivity index (χ1) is 4.27. The summed E-state index contributed by atoms with van der Waals surface area (Å²) in [5, 5.41) is 6.09. The van der Waals surface area contributed by atoms with Gasteiger partial charge >= 0.3 is 7.25 Å². The molecule has 0 aromatic carbocycles. The topological polar surface area (TPSA) is 25.6 Å². The van der Waals surface area contributed by atoms with E-state index < -0.39 is 7.25 Å². The molecule has 1 nitrogen and oxygen atoms in total. The highest BCUT2D eigenvalue weighted by atomic mass is 32.2. The Balaban J connectivity index is 0. The highest BCUT2D eigenvalue weighted by molar-refractivity contribution is 8.12. The third-order valence-electron chi connectivity index (χ3n) is 0.322. The molecule has 0 saturated heterocycles. The van der Waals surface area contributed by atoms with Crippen LogP contribution in [-0.4, -0.2) is 18.6 Å². The summed E-state index contributed by atoms with van der Waals surface area (Å²) in [6.45, 7) is 1.88. The second-order valence-corrected chi connectivity index (χ2v) is 2.36. The summed E-state index contributed by atoms with van der Waals surface area (Å²) in [6.07, 6.45) is 1.95. The van der Waals surface area contributed by atoms with Crippen molar-refractivity contribution in [2.24, 2.45) is 0 Å². The number of halogens is 4. The maximum Gasteiger partial charge on any atom is 0.673 e. The highest BCUT2D eigenvalue weighted by Gasteiger charge is 2.20. The van der Waals surface area contributed by atoms with Crippen LogP contribution in [-0.2, 0) is 0 Å². The Kier molecular flexibility index (Phi) is 6.96. The molecule has 62 valence electrons. The predicted octanol–water partition coefficient (Wildman–Crippen LogP) is 0.827. The molecule has 0 heterocycles. The maximum absolute atomic E-state index is 9.75. The molecule has 0 bridgehead atoms. The zero-order chi connectivity index (χ0) is 8.78. The van der Waals surface area contributed by atoms with E-state index in [1.165, 1.54) is 0 Å². The van der Waals surface area contributed by atoms with Gasteiger partial charge in [-0.3, -0.25) is 5.41 Å². The lowest BCUT2D eigenvalue weighted by atomic mass is 10.3. The standard InChI is InChI=1S/C3H7NS.BF4/c1-3(4)5-2;2-1(3,4)5/h4H,1-2H3;/q;-1/p+1. The highest BCUT2D eigenvalue weighted by Crippen LogP contribution is 2.06. The van der Waals surface area contributed by atoms with Gasteiger partial charge < -0.3 is 17.3 Å². The summed E-state index contributed by atoms with van der Waals surface area (Å²) < 4.78 is 39.0. The van der Waals surface area contributed by atoms with Crippen molar-refractivity contribution in [2.45, 2.75) is 6.92 Å². The lowest BCUT2D eigenvalue weighted by Gasteiger charge is -1.94. The Hall–Kier alpha value is -0.195. The molecular formula is C3H8BF4NS. The van der Waals surface area contributed by atoms with E-state index in [9.17, 15) is 17.3 Å². The van der Waals surface area contributed by atoms with E-state index in [4.69, 9.17) is 5.41 Å². The zero-order valence-corrected chi connectivity index (χ0v) is 6.39. The molecule has 0 aromatic rings. The van der Waals surface area contributed by atoms with E-state index >= 15 is 0 Å². The Labute approximate surface area is 60.8 Å². The molecule has 0 radical (unpaired) electrons. The number of thioether (sulfide) groups is 1. The van der Waals surface area contributed by atoms with Gasteiger partial charge in [0.25, 0.3) is 0 Å². The third kappa shape index (κ3) is 111. The fraction of sp³-hybridized carbons (Fsp3) is 0.667. The number of hydrogen-bond donors (Lipinski definition) is 1. The third-order valence-corrected chi connectivity index (χ3v) is 0.966. The van der Waals surface area contributed by atoms with Crippen LogP contribution in [0.15, 0.2) is 0 Å². The van der Waals surface area contributed by atoms with Crippen molar-refractivity contribution in [2.75, 3.05) is 6.26 Å². The first-order valence-corrected chi connectivity index (χ1v) is 3.50. The number of nitrogens with two attached hydrogens (primary N) is 1. The van der Waals surface area contributed by atoms with Crippen LogP contribution in [0.3, 0.4) is 0 Å². The Morgan fingerprint density at radius 1 is 1.30 bits per heavy atom. The molecule has 0 atom stereocenters. The summed E-state index contributed by atoms with van der Waals surface area (Å²) in [6, 6.07) is 0. The summed E-state index contributed by atoms with van der Waals surface area (Å²) in [5.74, 6) is 0. The molecule has 0 fully saturated rings. The van der Waals surface area contributed by atoms with E-state index in [2.05, 4.69) is 0 Å². The smallest absolute Gasteiger partial charge is 0.418 e. The number of hydrogen-bond acceptors (Lipinski definition) is 1. The maximum atomic E-state index is 9.75. The quantitative estimate of drug-likeness (QED) is 0.252. The van der Waals surface area contributed by atoms with Crippen molar-refractivity contribution >= 4 is 24.1 Å². The predicted molar refractivity (Wildman–Crippen MR) is 36.3 cm³/mol. The molecule has 0 unspecified atom stereocenters. The monoisotopic (exact) mass is 177 g/mol. The van der Waals surface area contributed by atoms with Crippen LogP contribution in [0.25, 0.3) is 0 Å². The van der Waals surface area contributed by atoms with Crippen molar-refractivity contribution in [3.05, 3.63) is 0 Å². The van der Waals surface area contributed by atoms with Gasteiger partial charge in [-0.25, -0.2) is 0 Å². The molecule has 0 spiro atoms. The minimum atomic E-state index is -6.00. The summed E-state index contributed by atoms with van der Waals surface area (Å²) in [5.41, 5.74) is 0. The van der Waals surface area contributed by atoms with E-state index in [0.29, 0.717) is 0 Å². The SMILES string of the molecule is CSC(C)=[NH2+].F[B-](F)(F)F. The van der Waals surface area contributed by atoms with Crippen LogP contribution >= 0.6 is 11.8 Å². The van der Waals surface area contributed by atoms with E-state index in [-0.39, 0.29) is 0 Å². The number of rotatable bonds is 0. The van der Waals surface area contributed by atoms with Crippen LogP contribution in [0.1, 0.15) is 6.92 Å². The normalized spacial score (nSPS) is 9.80. The lowest BCUT2D eigenvalue weighted by molar-refractivity contribution is -0.109. The van der Waals surface area contributed by atoms with Crippen molar-refractivity contribution in [3.63, 3.8) is 0 Å². The first kappa shape index (κ1) is 12.5. The molecule has 2 N–H and O–H groups in total. The molecule has 0 rings (SSSR count). The average molecular weight is 177 g/mol. The van der Waals surface area contributed by atoms with Gasteiger partial charge in [-0.15, -0.1) is 0 Å². The summed E-state index contributed by atoms with van der Waals surface area (Å²) in [7, 11) is -6.00. The first-order valence-electron chi connectivity index (χ1n) is 2.27. The molecule has 0 aliphatic rings. The Bertz CT molecular complexity index is 97.2. The van der Waals surface area contributed by atoms with Gasteiger partial charge in [-0.1, -0.05) is 11.8 Å². The van der Waals surface area contributed by atoms with E-state index in [1.807, 2.05) is 13.2 Å². The molecule has 10 heavy (non-hydrogen) atoms. The van der Waals surface area contributed by atoms with E-state index in [0.717, 1.165) is 5.04 Å². The minimum absolute atomic E-state index is 0.921. The average Bonchev–Trinajstić information content (AvgIpc) is 1.61. The molecule has 0 aliphatic carbocycles. The largest absolute Gasteiger partial charge is 0.673 e. The molecule has 0 aliphatic heterocycles. The van der Waals surface area contributed by atoms with Gasteiger partial charge in [0.05, 0.1) is 0 Å². The molecule has 0 amide bonds. The Morgan fingerprint density at radius 2 is 1.40 bits per heavy atom. The molecule has 0 aromatic heterocycles. The van der Waals surface area contributed by atoms with Crippen LogP contribution < -0.4 is 5.41 Å². The molecular weight excluding hydrogens is 169 g/mol. The van der Waals surface area contributed by atoms with Crippen LogP contribution in [0, 0.1) is 0 Å². The van der Waals surface area contributed by atoms with Crippen LogP contribution in [0.5, 0.6) is 0 Å². The van der Waals surface area contributed by atoms with Crippen molar-refractivity contribution in [3.8, 4) is 0 Å². The van der Waals surface area contributed by atoms with Gasteiger partial charge in [0.2, 0.25) is 5.04 Å². The summed E-state index contributed by atoms with van der Waals surface area (Å²) >= 11 is 1.57. The van der Waals surface area contributed by atoms with Crippen LogP contribution in [0.2, 0.25) is 0 Å². The van der Waals surface area contributed by atoms with Crippen LogP contribution in [0.4, 0.5) is 17.3 Å². The Morgan fingerprint density at radius 3 is 1.40 bits per heavy atom. The van der Waals surface area contributed by atoms with Gasteiger partial charge in [-0.05, 0) is 6.26 Å². The van der Waals surface area contributed by atoms with Gasteiger partial charge in [0, 0.05) is 6.92 Å². The fourth-order valence-electron chi connectivity index (χ4n) is 0. The van der Waals surface area contributed by atoms with Gasteiger partial charge in [-0.2, -0.15) is 0 Å². The molecule has 7 heteroatoms. The van der Waals surface area contributed by atoms with Crippen molar-refractivity contribution in [1.29, 1.82) is 0 Å². The van der Waals surface area contributed by atoms with Crippen molar-refractivity contribution in [1.82, 2.24) is 0 Å². The summed E-state index contributed by atoms with van der Waals surface area (Å²) in [4.78, 5) is 0. The van der Waals surface area contributed by atoms with E-state index in [1.54, 1.807) is 11.8 Å². The lowest BCUT2D eigenvalue weighted by Crippen LogP contribution is -2.34. The van der Waals surface area contributed by atoms with Crippen molar-refractivity contribution < 1.29 is 22.7 Å². The fourth-order valence-corrected chi connectivity index (χ4v) is 0. The van der Waals surface area contributed by atoms with Gasteiger partial charge in [0.1, 0.15) is 0 Å². The second-order valence-electron chi connectivity index (χ2n) is 1.31. The second kappa shape index (κ2) is 5.58. The molecule has 0 saturated carbocycles. The van der Waals surface area contributed by atoms with Gasteiger partial charge in [0.15, 0.2) is 0 Å². The minimum Gasteiger partial charge on any atom is -0.418 e.